The van der Waals surface area contributed by atoms with Crippen LogP contribution in [-0.4, -0.2) is 50.0 Å². The molecule has 154 valence electrons. The van der Waals surface area contributed by atoms with Crippen molar-refractivity contribution < 1.29 is 14.3 Å². The topological polar surface area (TPSA) is 70.7 Å². The van der Waals surface area contributed by atoms with Crippen LogP contribution < -0.4 is 15.4 Å². The Labute approximate surface area is 172 Å². The second-order valence-corrected chi connectivity index (χ2v) is 7.21. The molecule has 2 aromatic carbocycles. The summed E-state index contributed by atoms with van der Waals surface area (Å²) in [6, 6.07) is 17.2. The monoisotopic (exact) mass is 395 g/mol. The van der Waals surface area contributed by atoms with Gasteiger partial charge in [0, 0.05) is 25.1 Å². The first kappa shape index (κ1) is 20.9. The van der Waals surface area contributed by atoms with Gasteiger partial charge in [-0.1, -0.05) is 30.3 Å². The Bertz CT molecular complexity index is 787. The molecule has 29 heavy (non-hydrogen) atoms. The lowest BCUT2D eigenvalue weighted by atomic mass is 10.1. The van der Waals surface area contributed by atoms with Crippen LogP contribution in [-0.2, 0) is 4.79 Å². The molecule has 1 saturated heterocycles. The van der Waals surface area contributed by atoms with E-state index in [9.17, 15) is 9.59 Å². The van der Waals surface area contributed by atoms with Crippen LogP contribution in [0.15, 0.2) is 54.6 Å². The van der Waals surface area contributed by atoms with Crippen molar-refractivity contribution in [2.75, 3.05) is 33.3 Å². The second kappa shape index (κ2) is 10.6. The largest absolute Gasteiger partial charge is 0.497 e. The van der Waals surface area contributed by atoms with E-state index in [1.807, 2.05) is 30.3 Å². The molecular formula is C23H29N3O3. The Hall–Kier alpha value is -2.86. The van der Waals surface area contributed by atoms with E-state index in [2.05, 4.69) is 27.7 Å². The number of methoxy groups -OCH3 is 1. The van der Waals surface area contributed by atoms with E-state index in [1.54, 1.807) is 19.2 Å². The van der Waals surface area contributed by atoms with E-state index >= 15 is 0 Å². The smallest absolute Gasteiger partial charge is 0.251 e. The molecule has 2 N–H and O–H groups in total. The zero-order valence-electron chi connectivity index (χ0n) is 16.9. The predicted molar refractivity (Wildman–Crippen MR) is 113 cm³/mol. The summed E-state index contributed by atoms with van der Waals surface area (Å²) >= 11 is 0. The first-order valence-electron chi connectivity index (χ1n) is 10.2. The third-order valence-corrected chi connectivity index (χ3v) is 5.25. The quantitative estimate of drug-likeness (QED) is 0.685. The van der Waals surface area contributed by atoms with Gasteiger partial charge in [0.25, 0.3) is 5.91 Å². The van der Waals surface area contributed by atoms with E-state index in [0.29, 0.717) is 18.7 Å². The van der Waals surface area contributed by atoms with Crippen LogP contribution in [0.1, 0.15) is 41.2 Å². The molecule has 3 rings (SSSR count). The number of rotatable bonds is 9. The summed E-state index contributed by atoms with van der Waals surface area (Å²) in [6.07, 6.45) is 2.63. The molecule has 6 heteroatoms. The normalized spacial score (nSPS) is 14.9. The molecule has 1 aliphatic heterocycles. The summed E-state index contributed by atoms with van der Waals surface area (Å²) in [4.78, 5) is 26.8. The Morgan fingerprint density at radius 3 is 2.34 bits per heavy atom. The van der Waals surface area contributed by atoms with Crippen LogP contribution >= 0.6 is 0 Å². The number of benzene rings is 2. The van der Waals surface area contributed by atoms with Gasteiger partial charge in [0.2, 0.25) is 5.91 Å². The van der Waals surface area contributed by atoms with Crippen molar-refractivity contribution in [1.29, 1.82) is 0 Å². The molecule has 2 aromatic rings. The molecule has 0 spiro atoms. The summed E-state index contributed by atoms with van der Waals surface area (Å²) in [5.41, 5.74) is 1.77. The Morgan fingerprint density at radius 1 is 1.00 bits per heavy atom. The average Bonchev–Trinajstić information content (AvgIpc) is 3.29. The maximum Gasteiger partial charge on any atom is 0.251 e. The lowest BCUT2D eigenvalue weighted by molar-refractivity contribution is -0.121. The summed E-state index contributed by atoms with van der Waals surface area (Å²) < 4.78 is 5.25. The number of carbonyl (C=O) groups is 2. The highest BCUT2D eigenvalue weighted by Crippen LogP contribution is 2.26. The van der Waals surface area contributed by atoms with Crippen LogP contribution in [0.4, 0.5) is 0 Å². The Kier molecular flexibility index (Phi) is 7.64. The molecule has 2 amide bonds. The second-order valence-electron chi connectivity index (χ2n) is 7.21. The van der Waals surface area contributed by atoms with Crippen molar-refractivity contribution in [1.82, 2.24) is 15.5 Å². The van der Waals surface area contributed by atoms with Gasteiger partial charge in [-0.2, -0.15) is 0 Å². The Balaban J connectivity index is 1.49. The third kappa shape index (κ3) is 6.06. The standard InChI is InChI=1S/C23H29N3O3/c1-29-20-11-9-18(10-12-20)21(26-15-5-6-16-26)17-25-22(27)13-14-24-23(28)19-7-3-2-4-8-19/h2-4,7-12,21H,5-6,13-17H2,1H3,(H,24,28)(H,25,27). The molecule has 0 aromatic heterocycles. The van der Waals surface area contributed by atoms with Crippen molar-refractivity contribution in [3.05, 3.63) is 65.7 Å². The highest BCUT2D eigenvalue weighted by atomic mass is 16.5. The zero-order valence-corrected chi connectivity index (χ0v) is 16.9. The highest BCUT2D eigenvalue weighted by molar-refractivity contribution is 5.94. The van der Waals surface area contributed by atoms with Gasteiger partial charge in [0.1, 0.15) is 5.75 Å². The van der Waals surface area contributed by atoms with Crippen molar-refractivity contribution in [3.63, 3.8) is 0 Å². The fourth-order valence-corrected chi connectivity index (χ4v) is 3.62. The maximum atomic E-state index is 12.3. The molecule has 0 radical (unpaired) electrons. The van der Waals surface area contributed by atoms with Crippen molar-refractivity contribution in [2.45, 2.75) is 25.3 Å². The van der Waals surface area contributed by atoms with E-state index in [0.717, 1.165) is 18.8 Å². The van der Waals surface area contributed by atoms with Gasteiger partial charge in [-0.05, 0) is 55.8 Å². The Morgan fingerprint density at radius 2 is 1.69 bits per heavy atom. The molecule has 6 nitrogen and oxygen atoms in total. The molecule has 0 saturated carbocycles. The minimum Gasteiger partial charge on any atom is -0.497 e. The van der Waals surface area contributed by atoms with Crippen molar-refractivity contribution in [2.24, 2.45) is 0 Å². The predicted octanol–water partition coefficient (Wildman–Crippen LogP) is 2.77. The SMILES string of the molecule is COc1ccc(C(CNC(=O)CCNC(=O)c2ccccc2)N2CCCC2)cc1. The van der Waals surface area contributed by atoms with Crippen molar-refractivity contribution in [3.8, 4) is 5.75 Å². The molecule has 1 heterocycles. The highest BCUT2D eigenvalue weighted by Gasteiger charge is 2.24. The lowest BCUT2D eigenvalue weighted by Gasteiger charge is -2.28. The van der Waals surface area contributed by atoms with E-state index in [4.69, 9.17) is 4.74 Å². The number of ether oxygens (including phenoxy) is 1. The number of amides is 2. The zero-order chi connectivity index (χ0) is 20.5. The van der Waals surface area contributed by atoms with Crippen LogP contribution in [0.5, 0.6) is 5.75 Å². The number of likely N-dealkylation sites (tertiary alicyclic amines) is 1. The lowest BCUT2D eigenvalue weighted by Crippen LogP contribution is -2.38. The molecule has 1 atom stereocenters. The number of nitrogens with one attached hydrogen (secondary N) is 2. The van der Waals surface area contributed by atoms with Gasteiger partial charge in [-0.3, -0.25) is 14.5 Å². The van der Waals surface area contributed by atoms with E-state index < -0.39 is 0 Å². The number of hydrogen-bond acceptors (Lipinski definition) is 4. The van der Waals surface area contributed by atoms with Crippen LogP contribution in [0, 0.1) is 0 Å². The van der Waals surface area contributed by atoms with Gasteiger partial charge in [0.05, 0.1) is 13.2 Å². The summed E-state index contributed by atoms with van der Waals surface area (Å²) in [6.45, 7) is 2.95. The van der Waals surface area contributed by atoms with Crippen LogP contribution in [0.25, 0.3) is 0 Å². The summed E-state index contributed by atoms with van der Waals surface area (Å²) in [7, 11) is 1.66. The first-order valence-corrected chi connectivity index (χ1v) is 10.2. The van der Waals surface area contributed by atoms with Gasteiger partial charge >= 0.3 is 0 Å². The number of carbonyl (C=O) groups excluding carboxylic acids is 2. The minimum absolute atomic E-state index is 0.0592. The molecule has 1 fully saturated rings. The number of hydrogen-bond donors (Lipinski definition) is 2. The molecule has 0 aliphatic carbocycles. The van der Waals surface area contributed by atoms with Gasteiger partial charge < -0.3 is 15.4 Å². The maximum absolute atomic E-state index is 12.3. The van der Waals surface area contributed by atoms with Crippen LogP contribution in [0.3, 0.4) is 0 Å². The third-order valence-electron chi connectivity index (χ3n) is 5.25. The first-order chi connectivity index (χ1) is 14.2. The molecule has 1 aliphatic rings. The molecule has 1 unspecified atom stereocenters. The van der Waals surface area contributed by atoms with Crippen LogP contribution in [0.2, 0.25) is 0 Å². The van der Waals surface area contributed by atoms with Gasteiger partial charge in [-0.25, -0.2) is 0 Å². The summed E-state index contributed by atoms with van der Waals surface area (Å²) in [5.74, 6) is 0.606. The molecule has 0 bridgehead atoms. The van der Waals surface area contributed by atoms with Crippen molar-refractivity contribution >= 4 is 11.8 Å². The van der Waals surface area contributed by atoms with Gasteiger partial charge in [-0.15, -0.1) is 0 Å². The molecular weight excluding hydrogens is 366 g/mol. The fourth-order valence-electron chi connectivity index (χ4n) is 3.62. The van der Waals surface area contributed by atoms with Gasteiger partial charge in [0.15, 0.2) is 0 Å². The summed E-state index contributed by atoms with van der Waals surface area (Å²) in [5, 5.41) is 5.83. The minimum atomic E-state index is -0.161. The number of nitrogens with zero attached hydrogens (tertiary/aromatic N) is 1. The van der Waals surface area contributed by atoms with E-state index in [-0.39, 0.29) is 24.3 Å². The van der Waals surface area contributed by atoms with E-state index in [1.165, 1.54) is 18.4 Å². The fraction of sp³-hybridized carbons (Fsp3) is 0.391. The average molecular weight is 396 g/mol.